The maximum absolute atomic E-state index is 11.5. The first kappa shape index (κ1) is 7.72. The van der Waals surface area contributed by atoms with E-state index in [0.29, 0.717) is 0 Å². The molecule has 0 amide bonds. The van der Waals surface area contributed by atoms with Gasteiger partial charge in [-0.05, 0) is 5.56 Å². The van der Waals surface area contributed by atoms with Gasteiger partial charge in [0.2, 0.25) is 0 Å². The Morgan fingerprint density at radius 1 is 1.36 bits per heavy atom. The van der Waals surface area contributed by atoms with Crippen LogP contribution in [0.1, 0.15) is 5.56 Å². The number of halogens is 1. The zero-order chi connectivity index (χ0) is 8.10. The molecule has 0 fully saturated rings. The van der Waals surface area contributed by atoms with E-state index in [2.05, 4.69) is 4.74 Å². The van der Waals surface area contributed by atoms with Gasteiger partial charge >= 0.3 is 6.22 Å². The van der Waals surface area contributed by atoms with Crippen molar-refractivity contribution in [2.24, 2.45) is 0 Å². The number of rotatable bonds is 2. The summed E-state index contributed by atoms with van der Waals surface area (Å²) in [6.45, 7) is -0.00380. The lowest BCUT2D eigenvalue weighted by atomic mass is 10.2. The molecule has 0 radical (unpaired) electrons. The Morgan fingerprint density at radius 2 is 2.00 bits per heavy atom. The van der Waals surface area contributed by atoms with Crippen LogP contribution in [0.2, 0.25) is 0 Å². The first-order valence-electron chi connectivity index (χ1n) is 3.15. The van der Waals surface area contributed by atoms with E-state index >= 15 is 0 Å². The van der Waals surface area contributed by atoms with Crippen LogP contribution in [0.4, 0.5) is 9.18 Å². The minimum atomic E-state index is -1.74. The fourth-order valence-corrected chi connectivity index (χ4v) is 0.714. The quantitative estimate of drug-likeness (QED) is 0.611. The molecule has 0 unspecified atom stereocenters. The maximum atomic E-state index is 11.5. The molecule has 1 rings (SSSR count). The standard InChI is InChI=1S/C8H7FO2/c9-8(10)11-6-7-4-2-1-3-5-7/h1-5H,6H2. The molecule has 3 heteroatoms. The van der Waals surface area contributed by atoms with Crippen LogP contribution in [-0.2, 0) is 11.3 Å². The zero-order valence-electron chi connectivity index (χ0n) is 5.79. The summed E-state index contributed by atoms with van der Waals surface area (Å²) >= 11 is 0. The van der Waals surface area contributed by atoms with Gasteiger partial charge < -0.3 is 4.74 Å². The average Bonchev–Trinajstić information content (AvgIpc) is 2.03. The fraction of sp³-hybridized carbons (Fsp3) is 0.125. The number of hydrogen-bond donors (Lipinski definition) is 0. The molecule has 0 heterocycles. The molecule has 0 aromatic heterocycles. The summed E-state index contributed by atoms with van der Waals surface area (Å²) in [6.07, 6.45) is -1.74. The van der Waals surface area contributed by atoms with Crippen molar-refractivity contribution in [3.63, 3.8) is 0 Å². The van der Waals surface area contributed by atoms with E-state index in [0.717, 1.165) is 5.56 Å². The van der Waals surface area contributed by atoms with E-state index in [-0.39, 0.29) is 6.61 Å². The van der Waals surface area contributed by atoms with Crippen molar-refractivity contribution in [2.75, 3.05) is 0 Å². The van der Waals surface area contributed by atoms with Gasteiger partial charge in [-0.25, -0.2) is 4.79 Å². The molecular formula is C8H7FO2. The van der Waals surface area contributed by atoms with Crippen LogP contribution in [0, 0.1) is 0 Å². The highest BCUT2D eigenvalue weighted by Crippen LogP contribution is 2.00. The summed E-state index contributed by atoms with van der Waals surface area (Å²) in [5.74, 6) is 0. The Balaban J connectivity index is 2.45. The lowest BCUT2D eigenvalue weighted by Crippen LogP contribution is -1.94. The Hall–Kier alpha value is -1.38. The monoisotopic (exact) mass is 154 g/mol. The average molecular weight is 154 g/mol. The third kappa shape index (κ3) is 2.80. The molecule has 0 aliphatic rings. The van der Waals surface area contributed by atoms with E-state index in [1.165, 1.54) is 0 Å². The highest BCUT2D eigenvalue weighted by atomic mass is 19.1. The van der Waals surface area contributed by atoms with Gasteiger partial charge in [-0.3, -0.25) is 0 Å². The Labute approximate surface area is 63.6 Å². The van der Waals surface area contributed by atoms with Crippen molar-refractivity contribution in [3.05, 3.63) is 35.9 Å². The third-order valence-corrected chi connectivity index (χ3v) is 1.20. The lowest BCUT2D eigenvalue weighted by Gasteiger charge is -1.97. The summed E-state index contributed by atoms with van der Waals surface area (Å²) in [5.41, 5.74) is 0.776. The van der Waals surface area contributed by atoms with E-state index < -0.39 is 6.22 Å². The van der Waals surface area contributed by atoms with Crippen LogP contribution in [0.3, 0.4) is 0 Å². The topological polar surface area (TPSA) is 26.3 Å². The molecule has 11 heavy (non-hydrogen) atoms. The van der Waals surface area contributed by atoms with E-state index in [1.807, 2.05) is 6.07 Å². The second-order valence-corrected chi connectivity index (χ2v) is 2.01. The molecule has 58 valence electrons. The second-order valence-electron chi connectivity index (χ2n) is 2.01. The van der Waals surface area contributed by atoms with Crippen molar-refractivity contribution in [1.82, 2.24) is 0 Å². The SMILES string of the molecule is O=C(F)OCc1ccccc1. The molecule has 0 bridgehead atoms. The zero-order valence-corrected chi connectivity index (χ0v) is 5.79. The normalized spacial score (nSPS) is 9.18. The number of carbonyl (C=O) groups excluding carboxylic acids is 1. The second kappa shape index (κ2) is 3.71. The largest absolute Gasteiger partial charge is 0.495 e. The number of hydrogen-bond acceptors (Lipinski definition) is 2. The van der Waals surface area contributed by atoms with Gasteiger partial charge in [0.15, 0.2) is 0 Å². The van der Waals surface area contributed by atoms with E-state index in [4.69, 9.17) is 0 Å². The molecule has 0 atom stereocenters. The molecule has 0 saturated carbocycles. The van der Waals surface area contributed by atoms with Gasteiger partial charge in [-0.1, -0.05) is 30.3 Å². The Morgan fingerprint density at radius 3 is 2.55 bits per heavy atom. The van der Waals surface area contributed by atoms with Crippen molar-refractivity contribution in [1.29, 1.82) is 0 Å². The number of benzene rings is 1. The Bertz CT molecular complexity index is 233. The van der Waals surface area contributed by atoms with Crippen LogP contribution in [0.25, 0.3) is 0 Å². The van der Waals surface area contributed by atoms with Gasteiger partial charge in [-0.15, -0.1) is 4.39 Å². The van der Waals surface area contributed by atoms with E-state index in [1.54, 1.807) is 24.3 Å². The molecule has 0 aliphatic heterocycles. The van der Waals surface area contributed by atoms with Gasteiger partial charge in [0.05, 0.1) is 0 Å². The Kier molecular flexibility index (Phi) is 2.60. The molecule has 0 spiro atoms. The summed E-state index contributed by atoms with van der Waals surface area (Å²) in [6, 6.07) is 8.93. The summed E-state index contributed by atoms with van der Waals surface area (Å²) in [4.78, 5) is 9.73. The van der Waals surface area contributed by atoms with Crippen molar-refractivity contribution in [3.8, 4) is 0 Å². The summed E-state index contributed by atoms with van der Waals surface area (Å²) in [7, 11) is 0. The minimum Gasteiger partial charge on any atom is -0.435 e. The van der Waals surface area contributed by atoms with Crippen molar-refractivity contribution < 1.29 is 13.9 Å². The summed E-state index contributed by atoms with van der Waals surface area (Å²) in [5, 5.41) is 0. The van der Waals surface area contributed by atoms with Crippen LogP contribution < -0.4 is 0 Å². The lowest BCUT2D eigenvalue weighted by molar-refractivity contribution is 0.114. The molecule has 1 aromatic rings. The van der Waals surface area contributed by atoms with E-state index in [9.17, 15) is 9.18 Å². The molecule has 1 aromatic carbocycles. The molecule has 0 saturated heterocycles. The first-order valence-corrected chi connectivity index (χ1v) is 3.15. The van der Waals surface area contributed by atoms with Gasteiger partial charge in [0.1, 0.15) is 6.61 Å². The molecule has 2 nitrogen and oxygen atoms in total. The molecular weight excluding hydrogens is 147 g/mol. The van der Waals surface area contributed by atoms with Crippen LogP contribution in [0.15, 0.2) is 30.3 Å². The van der Waals surface area contributed by atoms with Crippen LogP contribution >= 0.6 is 0 Å². The van der Waals surface area contributed by atoms with Gasteiger partial charge in [-0.2, -0.15) is 0 Å². The molecule has 0 aliphatic carbocycles. The van der Waals surface area contributed by atoms with Gasteiger partial charge in [0.25, 0.3) is 0 Å². The minimum absolute atomic E-state index is 0.00380. The smallest absolute Gasteiger partial charge is 0.435 e. The summed E-state index contributed by atoms with van der Waals surface area (Å²) < 4.78 is 15.6. The fourth-order valence-electron chi connectivity index (χ4n) is 0.714. The third-order valence-electron chi connectivity index (χ3n) is 1.20. The van der Waals surface area contributed by atoms with Crippen molar-refractivity contribution >= 4 is 6.22 Å². The van der Waals surface area contributed by atoms with Crippen LogP contribution in [0.5, 0.6) is 0 Å². The highest BCUT2D eigenvalue weighted by molar-refractivity contribution is 5.57. The number of ether oxygens (including phenoxy) is 1. The highest BCUT2D eigenvalue weighted by Gasteiger charge is 1.97. The van der Waals surface area contributed by atoms with Crippen molar-refractivity contribution in [2.45, 2.75) is 6.61 Å². The number of carbonyl (C=O) groups is 1. The predicted molar refractivity (Wildman–Crippen MR) is 37.7 cm³/mol. The van der Waals surface area contributed by atoms with Gasteiger partial charge in [0, 0.05) is 0 Å². The first-order chi connectivity index (χ1) is 5.29. The van der Waals surface area contributed by atoms with Crippen LogP contribution in [-0.4, -0.2) is 6.22 Å². The predicted octanol–water partition coefficient (Wildman–Crippen LogP) is 2.29. The molecule has 0 N–H and O–H groups in total. The maximum Gasteiger partial charge on any atom is 0.495 e.